The van der Waals surface area contributed by atoms with Crippen LogP contribution in [0, 0.1) is 0 Å². The first-order valence-corrected chi connectivity index (χ1v) is 9.39. The molecule has 1 saturated heterocycles. The molecule has 1 atom stereocenters. The zero-order valence-corrected chi connectivity index (χ0v) is 15.4. The molecule has 0 saturated carbocycles. The molecule has 0 amide bonds. The van der Waals surface area contributed by atoms with Crippen molar-refractivity contribution in [3.8, 4) is 11.5 Å². The predicted octanol–water partition coefficient (Wildman–Crippen LogP) is 4.93. The van der Waals surface area contributed by atoms with E-state index in [9.17, 15) is 5.11 Å². The number of nitrogens with zero attached hydrogens (tertiary/aromatic N) is 1. The minimum atomic E-state index is 0.292. The predicted molar refractivity (Wildman–Crippen MR) is 102 cm³/mol. The summed E-state index contributed by atoms with van der Waals surface area (Å²) in [4.78, 5) is 2.44. The van der Waals surface area contributed by atoms with Gasteiger partial charge in [-0.25, -0.2) is 0 Å². The summed E-state index contributed by atoms with van der Waals surface area (Å²) >= 11 is 0. The zero-order chi connectivity index (χ0) is 17.6. The Balaban J connectivity index is 1.77. The first-order valence-electron chi connectivity index (χ1n) is 9.39. The van der Waals surface area contributed by atoms with Gasteiger partial charge in [0.15, 0.2) is 0 Å². The number of phenols is 1. The summed E-state index contributed by atoms with van der Waals surface area (Å²) in [5.41, 5.74) is 3.47. The first-order chi connectivity index (χ1) is 12.2. The fourth-order valence-corrected chi connectivity index (χ4v) is 3.79. The van der Waals surface area contributed by atoms with Crippen molar-refractivity contribution in [2.75, 3.05) is 20.2 Å². The molecular formula is C22H29NO2. The molecule has 1 heterocycles. The minimum absolute atomic E-state index is 0.292. The lowest BCUT2D eigenvalue weighted by Crippen LogP contribution is -2.29. The van der Waals surface area contributed by atoms with Crippen LogP contribution in [-0.2, 0) is 6.54 Å². The average molecular weight is 339 g/mol. The molecule has 1 fully saturated rings. The van der Waals surface area contributed by atoms with E-state index in [4.69, 9.17) is 4.74 Å². The third-order valence-corrected chi connectivity index (χ3v) is 5.28. The molecule has 1 aliphatic heterocycles. The normalized spacial score (nSPS) is 16.6. The maximum atomic E-state index is 10.5. The summed E-state index contributed by atoms with van der Waals surface area (Å²) in [7, 11) is 1.69. The molecule has 2 aromatic carbocycles. The molecule has 1 aliphatic rings. The third-order valence-electron chi connectivity index (χ3n) is 5.28. The average Bonchev–Trinajstić information content (AvgIpc) is 2.66. The molecule has 1 unspecified atom stereocenters. The van der Waals surface area contributed by atoms with Crippen LogP contribution in [0.25, 0.3) is 0 Å². The van der Waals surface area contributed by atoms with Gasteiger partial charge in [0.25, 0.3) is 0 Å². The monoisotopic (exact) mass is 339 g/mol. The Kier molecular flexibility index (Phi) is 5.98. The molecule has 3 rings (SSSR count). The van der Waals surface area contributed by atoms with Crippen LogP contribution in [0.3, 0.4) is 0 Å². The fraction of sp³-hybridized carbons (Fsp3) is 0.455. The van der Waals surface area contributed by atoms with Crippen molar-refractivity contribution in [3.05, 3.63) is 59.2 Å². The number of methoxy groups -OCH3 is 1. The largest absolute Gasteiger partial charge is 0.508 e. The van der Waals surface area contributed by atoms with Crippen molar-refractivity contribution in [2.24, 2.45) is 0 Å². The third kappa shape index (κ3) is 4.35. The van der Waals surface area contributed by atoms with Crippen molar-refractivity contribution in [2.45, 2.75) is 45.1 Å². The Morgan fingerprint density at radius 1 is 1.00 bits per heavy atom. The maximum Gasteiger partial charge on any atom is 0.120 e. The van der Waals surface area contributed by atoms with Crippen molar-refractivity contribution in [1.82, 2.24) is 4.90 Å². The molecule has 2 aromatic rings. The van der Waals surface area contributed by atoms with Gasteiger partial charge in [-0.15, -0.1) is 0 Å². The lowest BCUT2D eigenvalue weighted by molar-refractivity contribution is 0.218. The van der Waals surface area contributed by atoms with E-state index in [0.717, 1.165) is 37.4 Å². The molecule has 0 radical (unpaired) electrons. The molecule has 134 valence electrons. The van der Waals surface area contributed by atoms with Crippen molar-refractivity contribution in [3.63, 3.8) is 0 Å². The number of ether oxygens (including phenoxy) is 1. The molecule has 0 bridgehead atoms. The van der Waals surface area contributed by atoms with Gasteiger partial charge in [-0.05, 0) is 61.7 Å². The Hall–Kier alpha value is -2.00. The molecule has 0 aromatic heterocycles. The molecule has 0 aliphatic carbocycles. The molecule has 0 spiro atoms. The Labute approximate surface area is 151 Å². The van der Waals surface area contributed by atoms with Crippen molar-refractivity contribution < 1.29 is 9.84 Å². The van der Waals surface area contributed by atoms with Gasteiger partial charge in [0.05, 0.1) is 7.11 Å². The van der Waals surface area contributed by atoms with Crippen molar-refractivity contribution in [1.29, 1.82) is 0 Å². The van der Waals surface area contributed by atoms with Crippen LogP contribution in [0.15, 0.2) is 42.5 Å². The van der Waals surface area contributed by atoms with E-state index in [1.807, 2.05) is 18.2 Å². The standard InChI is InChI=1S/C22H29NO2/c1-3-21(17-9-11-20(25-2)12-10-17)18-7-8-19(22(24)15-18)16-23-13-5-4-6-14-23/h7-12,15,21,24H,3-6,13-14,16H2,1-2H3. The highest BCUT2D eigenvalue weighted by Gasteiger charge is 2.16. The number of piperidine rings is 1. The number of benzene rings is 2. The van der Waals surface area contributed by atoms with E-state index in [1.54, 1.807) is 7.11 Å². The van der Waals surface area contributed by atoms with E-state index >= 15 is 0 Å². The van der Waals surface area contributed by atoms with E-state index in [1.165, 1.54) is 30.4 Å². The summed E-state index contributed by atoms with van der Waals surface area (Å²) in [5, 5.41) is 10.5. The van der Waals surface area contributed by atoms with Gasteiger partial charge >= 0.3 is 0 Å². The topological polar surface area (TPSA) is 32.7 Å². The second-order valence-electron chi connectivity index (χ2n) is 6.96. The lowest BCUT2D eigenvalue weighted by Gasteiger charge is -2.27. The van der Waals surface area contributed by atoms with Gasteiger partial charge in [0, 0.05) is 18.0 Å². The number of rotatable bonds is 6. The molecule has 1 N–H and O–H groups in total. The molecule has 3 heteroatoms. The number of hydrogen-bond acceptors (Lipinski definition) is 3. The summed E-state index contributed by atoms with van der Waals surface area (Å²) in [6.07, 6.45) is 4.88. The van der Waals surface area contributed by atoms with Crippen molar-refractivity contribution >= 4 is 0 Å². The van der Waals surface area contributed by atoms with Gasteiger partial charge in [-0.1, -0.05) is 37.6 Å². The van der Waals surface area contributed by atoms with Gasteiger partial charge < -0.3 is 9.84 Å². The molecule has 3 nitrogen and oxygen atoms in total. The van der Waals surface area contributed by atoms with Gasteiger partial charge in [0.1, 0.15) is 11.5 Å². The Morgan fingerprint density at radius 2 is 1.68 bits per heavy atom. The summed E-state index contributed by atoms with van der Waals surface area (Å²) in [6.45, 7) is 5.33. The SMILES string of the molecule is CCC(c1ccc(OC)cc1)c1ccc(CN2CCCCC2)c(O)c1. The van der Waals surface area contributed by atoms with E-state index in [-0.39, 0.29) is 0 Å². The van der Waals surface area contributed by atoms with Gasteiger partial charge in [-0.3, -0.25) is 4.90 Å². The number of phenolic OH excluding ortho intramolecular Hbond substituents is 1. The van der Waals surface area contributed by atoms with E-state index < -0.39 is 0 Å². The smallest absolute Gasteiger partial charge is 0.120 e. The quantitative estimate of drug-likeness (QED) is 0.810. The van der Waals surface area contributed by atoms with Crippen LogP contribution < -0.4 is 4.74 Å². The van der Waals surface area contributed by atoms with Gasteiger partial charge in [0.2, 0.25) is 0 Å². The first kappa shape index (κ1) is 17.8. The van der Waals surface area contributed by atoms with E-state index in [0.29, 0.717) is 11.7 Å². The number of likely N-dealkylation sites (tertiary alicyclic amines) is 1. The highest BCUT2D eigenvalue weighted by molar-refractivity contribution is 5.42. The number of aromatic hydroxyl groups is 1. The van der Waals surface area contributed by atoms with E-state index in [2.05, 4.69) is 36.1 Å². The van der Waals surface area contributed by atoms with Crippen LogP contribution >= 0.6 is 0 Å². The Morgan fingerprint density at radius 3 is 2.28 bits per heavy atom. The second-order valence-corrected chi connectivity index (χ2v) is 6.96. The maximum absolute atomic E-state index is 10.5. The van der Waals surface area contributed by atoms with Crippen LogP contribution in [0.1, 0.15) is 55.2 Å². The summed E-state index contributed by atoms with van der Waals surface area (Å²) in [6, 6.07) is 14.5. The minimum Gasteiger partial charge on any atom is -0.508 e. The lowest BCUT2D eigenvalue weighted by atomic mass is 9.88. The molecular weight excluding hydrogens is 310 g/mol. The Bertz CT molecular complexity index is 675. The number of hydrogen-bond donors (Lipinski definition) is 1. The summed E-state index contributed by atoms with van der Waals surface area (Å²) < 4.78 is 5.25. The van der Waals surface area contributed by atoms with Gasteiger partial charge in [-0.2, -0.15) is 0 Å². The highest BCUT2D eigenvalue weighted by atomic mass is 16.5. The zero-order valence-electron chi connectivity index (χ0n) is 15.4. The van der Waals surface area contributed by atoms with Crippen LogP contribution in [0.4, 0.5) is 0 Å². The molecule has 25 heavy (non-hydrogen) atoms. The highest BCUT2D eigenvalue weighted by Crippen LogP contribution is 2.32. The summed E-state index contributed by atoms with van der Waals surface area (Å²) in [5.74, 6) is 1.59. The van der Waals surface area contributed by atoms with Crippen LogP contribution in [0.5, 0.6) is 11.5 Å². The second kappa shape index (κ2) is 8.39. The fourth-order valence-electron chi connectivity index (χ4n) is 3.79. The van der Waals surface area contributed by atoms with Crippen LogP contribution in [0.2, 0.25) is 0 Å². The van der Waals surface area contributed by atoms with Crippen LogP contribution in [-0.4, -0.2) is 30.2 Å².